The Morgan fingerprint density at radius 2 is 2.27 bits per heavy atom. The van der Waals surface area contributed by atoms with Crippen LogP contribution >= 0.6 is 11.6 Å². The molecule has 1 aromatic heterocycles. The molecule has 0 unspecified atom stereocenters. The number of rotatable bonds is 4. The molecule has 5 nitrogen and oxygen atoms in total. The summed E-state index contributed by atoms with van der Waals surface area (Å²) in [5.41, 5.74) is 1.12. The second-order valence-corrected chi connectivity index (χ2v) is 6.27. The van der Waals surface area contributed by atoms with Crippen molar-refractivity contribution in [2.45, 2.75) is 31.8 Å². The van der Waals surface area contributed by atoms with E-state index in [1.165, 1.54) is 0 Å². The number of carbonyl (C=O) groups excluding carboxylic acids is 1. The highest BCUT2D eigenvalue weighted by Gasteiger charge is 2.34. The minimum atomic E-state index is -0.740. The number of imidazole rings is 1. The minimum Gasteiger partial charge on any atom is -0.388 e. The predicted octanol–water partition coefficient (Wildman–Crippen LogP) is 2.68. The van der Waals surface area contributed by atoms with Crippen LogP contribution in [0.4, 0.5) is 0 Å². The number of aliphatic hydroxyl groups is 1. The Morgan fingerprint density at radius 1 is 1.50 bits per heavy atom. The second kappa shape index (κ2) is 5.74. The zero-order chi connectivity index (χ0) is 15.7. The van der Waals surface area contributed by atoms with Gasteiger partial charge in [-0.2, -0.15) is 0 Å². The van der Waals surface area contributed by atoms with Crippen molar-refractivity contribution in [2.75, 3.05) is 6.54 Å². The number of hydrogen-bond donors (Lipinski definition) is 3. The van der Waals surface area contributed by atoms with Crippen molar-refractivity contribution in [2.24, 2.45) is 0 Å². The molecule has 6 heteroatoms. The monoisotopic (exact) mass is 319 g/mol. The number of amides is 1. The summed E-state index contributed by atoms with van der Waals surface area (Å²) in [6.45, 7) is 2.07. The molecule has 0 atom stereocenters. The molecule has 0 aliphatic heterocycles. The fourth-order valence-corrected chi connectivity index (χ4v) is 2.73. The van der Waals surface area contributed by atoms with E-state index in [4.69, 9.17) is 11.6 Å². The average molecular weight is 320 g/mol. The summed E-state index contributed by atoms with van der Waals surface area (Å²) in [6, 6.07) is 7.29. The van der Waals surface area contributed by atoms with E-state index in [1.54, 1.807) is 19.1 Å². The van der Waals surface area contributed by atoms with Crippen LogP contribution in [0.15, 0.2) is 24.3 Å². The number of hydrogen-bond acceptors (Lipinski definition) is 3. The predicted molar refractivity (Wildman–Crippen MR) is 84.9 cm³/mol. The van der Waals surface area contributed by atoms with Gasteiger partial charge in [-0.3, -0.25) is 4.79 Å². The molecule has 1 aliphatic carbocycles. The zero-order valence-electron chi connectivity index (χ0n) is 12.3. The first-order valence-corrected chi connectivity index (χ1v) is 7.68. The molecule has 0 saturated heterocycles. The lowest BCUT2D eigenvalue weighted by molar-refractivity contribution is -0.0300. The maximum atomic E-state index is 12.2. The summed E-state index contributed by atoms with van der Waals surface area (Å²) in [6.07, 6.45) is 2.48. The van der Waals surface area contributed by atoms with Crippen LogP contribution in [-0.4, -0.2) is 33.1 Å². The third kappa shape index (κ3) is 3.00. The lowest BCUT2D eigenvalue weighted by Gasteiger charge is -2.36. The molecule has 116 valence electrons. The van der Waals surface area contributed by atoms with Crippen LogP contribution in [0, 0.1) is 6.92 Å². The number of halogens is 1. The second-order valence-electron chi connectivity index (χ2n) is 5.83. The quantitative estimate of drug-likeness (QED) is 0.810. The van der Waals surface area contributed by atoms with Gasteiger partial charge in [0.1, 0.15) is 11.5 Å². The first-order chi connectivity index (χ1) is 10.5. The molecular weight excluding hydrogens is 302 g/mol. The highest BCUT2D eigenvalue weighted by Crippen LogP contribution is 2.30. The molecule has 1 aliphatic rings. The SMILES string of the molecule is Cc1[nH]c(-c2cccc(Cl)c2)nc1C(=O)NCC1(O)CCC1. The van der Waals surface area contributed by atoms with Crippen LogP contribution in [0.1, 0.15) is 35.4 Å². The van der Waals surface area contributed by atoms with Crippen molar-refractivity contribution < 1.29 is 9.90 Å². The Labute approximate surface area is 133 Å². The van der Waals surface area contributed by atoms with Gasteiger partial charge in [-0.25, -0.2) is 4.98 Å². The van der Waals surface area contributed by atoms with Crippen molar-refractivity contribution >= 4 is 17.5 Å². The van der Waals surface area contributed by atoms with Crippen LogP contribution in [0.2, 0.25) is 5.02 Å². The summed E-state index contributed by atoms with van der Waals surface area (Å²) in [4.78, 5) is 19.7. The lowest BCUT2D eigenvalue weighted by Crippen LogP contribution is -2.47. The number of nitrogens with zero attached hydrogens (tertiary/aromatic N) is 1. The van der Waals surface area contributed by atoms with Gasteiger partial charge in [0.05, 0.1) is 5.60 Å². The molecule has 1 fully saturated rings. The summed E-state index contributed by atoms with van der Waals surface area (Å²) in [7, 11) is 0. The fraction of sp³-hybridized carbons (Fsp3) is 0.375. The van der Waals surface area contributed by atoms with Gasteiger partial charge in [-0.05, 0) is 38.3 Å². The van der Waals surface area contributed by atoms with Gasteiger partial charge in [0.25, 0.3) is 5.91 Å². The van der Waals surface area contributed by atoms with E-state index in [9.17, 15) is 9.90 Å². The van der Waals surface area contributed by atoms with Crippen LogP contribution in [0.5, 0.6) is 0 Å². The number of aromatic amines is 1. The van der Waals surface area contributed by atoms with Gasteiger partial charge in [-0.1, -0.05) is 23.7 Å². The normalized spacial score (nSPS) is 16.1. The van der Waals surface area contributed by atoms with Crippen molar-refractivity contribution in [3.05, 3.63) is 40.7 Å². The molecule has 1 amide bonds. The third-order valence-electron chi connectivity index (χ3n) is 4.06. The first kappa shape index (κ1) is 15.1. The summed E-state index contributed by atoms with van der Waals surface area (Å²) in [5.74, 6) is 0.329. The van der Waals surface area contributed by atoms with E-state index in [2.05, 4.69) is 15.3 Å². The van der Waals surface area contributed by atoms with Crippen LogP contribution in [0.3, 0.4) is 0 Å². The van der Waals surface area contributed by atoms with Gasteiger partial charge in [0.2, 0.25) is 0 Å². The van der Waals surface area contributed by atoms with Crippen LogP contribution in [0.25, 0.3) is 11.4 Å². The van der Waals surface area contributed by atoms with Gasteiger partial charge < -0.3 is 15.4 Å². The highest BCUT2D eigenvalue weighted by atomic mass is 35.5. The van der Waals surface area contributed by atoms with Gasteiger partial charge >= 0.3 is 0 Å². The number of carbonyl (C=O) groups is 1. The fourth-order valence-electron chi connectivity index (χ4n) is 2.54. The maximum Gasteiger partial charge on any atom is 0.271 e. The number of nitrogens with one attached hydrogen (secondary N) is 2. The van der Waals surface area contributed by atoms with Crippen molar-refractivity contribution in [1.29, 1.82) is 0 Å². The molecule has 3 N–H and O–H groups in total. The van der Waals surface area contributed by atoms with E-state index in [-0.39, 0.29) is 12.5 Å². The topological polar surface area (TPSA) is 78.0 Å². The summed E-state index contributed by atoms with van der Waals surface area (Å²) >= 11 is 5.98. The Bertz CT molecular complexity index is 707. The van der Waals surface area contributed by atoms with E-state index in [0.717, 1.165) is 24.8 Å². The van der Waals surface area contributed by atoms with E-state index >= 15 is 0 Å². The molecular formula is C16H18ClN3O2. The van der Waals surface area contributed by atoms with E-state index in [1.807, 2.05) is 12.1 Å². The Hall–Kier alpha value is -1.85. The van der Waals surface area contributed by atoms with Crippen LogP contribution in [-0.2, 0) is 0 Å². The molecule has 0 spiro atoms. The lowest BCUT2D eigenvalue weighted by atomic mass is 9.80. The maximum absolute atomic E-state index is 12.2. The Kier molecular flexibility index (Phi) is 3.93. The Balaban J connectivity index is 1.75. The molecule has 0 bridgehead atoms. The van der Waals surface area contributed by atoms with Crippen LogP contribution < -0.4 is 5.32 Å². The largest absolute Gasteiger partial charge is 0.388 e. The minimum absolute atomic E-state index is 0.268. The Morgan fingerprint density at radius 3 is 2.91 bits per heavy atom. The van der Waals surface area contributed by atoms with E-state index in [0.29, 0.717) is 22.2 Å². The summed E-state index contributed by atoms with van der Waals surface area (Å²) < 4.78 is 0. The number of aromatic nitrogens is 2. The molecule has 3 rings (SSSR count). The molecule has 22 heavy (non-hydrogen) atoms. The molecule has 1 saturated carbocycles. The zero-order valence-corrected chi connectivity index (χ0v) is 13.1. The number of benzene rings is 1. The molecule has 1 heterocycles. The van der Waals surface area contributed by atoms with E-state index < -0.39 is 5.60 Å². The average Bonchev–Trinajstić information content (AvgIpc) is 2.85. The molecule has 0 radical (unpaired) electrons. The van der Waals surface area contributed by atoms with Crippen molar-refractivity contribution in [3.63, 3.8) is 0 Å². The first-order valence-electron chi connectivity index (χ1n) is 7.30. The summed E-state index contributed by atoms with van der Waals surface area (Å²) in [5, 5.41) is 13.4. The standard InChI is InChI=1S/C16H18ClN3O2/c1-10-13(15(21)18-9-16(22)6-3-7-16)20-14(19-10)11-4-2-5-12(17)8-11/h2,4-5,8,22H,3,6-7,9H2,1H3,(H,18,21)(H,19,20). The van der Waals surface area contributed by atoms with Crippen molar-refractivity contribution in [3.8, 4) is 11.4 Å². The highest BCUT2D eigenvalue weighted by molar-refractivity contribution is 6.30. The number of aryl methyl sites for hydroxylation is 1. The molecule has 1 aromatic carbocycles. The number of H-pyrrole nitrogens is 1. The third-order valence-corrected chi connectivity index (χ3v) is 4.30. The van der Waals surface area contributed by atoms with Gasteiger partial charge in [-0.15, -0.1) is 0 Å². The van der Waals surface area contributed by atoms with Crippen molar-refractivity contribution in [1.82, 2.24) is 15.3 Å². The smallest absolute Gasteiger partial charge is 0.271 e. The van der Waals surface area contributed by atoms with Gasteiger partial charge in [0, 0.05) is 22.8 Å². The molecule has 2 aromatic rings. The van der Waals surface area contributed by atoms with Gasteiger partial charge in [0.15, 0.2) is 0 Å².